The fourth-order valence-corrected chi connectivity index (χ4v) is 4.80. The zero-order chi connectivity index (χ0) is 27.2. The number of thiophene rings is 1. The van der Waals surface area contributed by atoms with Crippen LogP contribution < -0.4 is 10.2 Å². The van der Waals surface area contributed by atoms with Crippen molar-refractivity contribution in [1.29, 1.82) is 0 Å². The molecule has 0 saturated heterocycles. The van der Waals surface area contributed by atoms with Crippen molar-refractivity contribution >= 4 is 28.8 Å². The van der Waals surface area contributed by atoms with Gasteiger partial charge >= 0.3 is 0 Å². The molecule has 0 aliphatic carbocycles. The molecule has 1 N–H and O–H groups in total. The molecule has 0 radical (unpaired) electrons. The summed E-state index contributed by atoms with van der Waals surface area (Å²) < 4.78 is 28.4. The number of anilines is 1. The fourth-order valence-electron chi connectivity index (χ4n) is 3.99. The number of benzene rings is 3. The Morgan fingerprint density at radius 1 is 0.923 bits per heavy atom. The van der Waals surface area contributed by atoms with E-state index in [9.17, 15) is 14.0 Å². The lowest BCUT2D eigenvalue weighted by atomic mass is 10.1. The average molecular weight is 545 g/mol. The number of amides is 2. The number of hydrogen-bond donors (Lipinski definition) is 1. The van der Waals surface area contributed by atoms with Crippen LogP contribution in [0, 0.1) is 11.6 Å². The van der Waals surface area contributed by atoms with Crippen molar-refractivity contribution < 1.29 is 18.4 Å². The van der Waals surface area contributed by atoms with Crippen LogP contribution in [0.3, 0.4) is 0 Å². The van der Waals surface area contributed by atoms with Crippen LogP contribution in [0.15, 0.2) is 96.4 Å². The summed E-state index contributed by atoms with van der Waals surface area (Å²) in [4.78, 5) is 30.1. The Hall–Kier alpha value is -4.77. The van der Waals surface area contributed by atoms with Crippen LogP contribution in [0.1, 0.15) is 16.5 Å². The molecule has 8 nitrogen and oxygen atoms in total. The van der Waals surface area contributed by atoms with Crippen LogP contribution in [0.4, 0.5) is 14.5 Å². The van der Waals surface area contributed by atoms with E-state index in [1.165, 1.54) is 53.8 Å². The quantitative estimate of drug-likeness (QED) is 0.289. The lowest BCUT2D eigenvalue weighted by Crippen LogP contribution is -2.45. The van der Waals surface area contributed by atoms with E-state index in [-0.39, 0.29) is 18.1 Å². The Labute approximate surface area is 226 Å². The van der Waals surface area contributed by atoms with Crippen LogP contribution in [-0.2, 0) is 22.7 Å². The Bertz CT molecular complexity index is 1560. The second kappa shape index (κ2) is 11.7. The zero-order valence-electron chi connectivity index (χ0n) is 20.4. The third kappa shape index (κ3) is 6.04. The Balaban J connectivity index is 1.46. The van der Waals surface area contributed by atoms with Gasteiger partial charge in [0.25, 0.3) is 5.91 Å². The summed E-state index contributed by atoms with van der Waals surface area (Å²) in [5.41, 5.74) is 1.33. The molecular weight excluding hydrogens is 522 g/mol. The van der Waals surface area contributed by atoms with Crippen molar-refractivity contribution in [3.8, 4) is 11.4 Å². The molecule has 11 heteroatoms. The van der Waals surface area contributed by atoms with Crippen molar-refractivity contribution in [3.05, 3.63) is 118 Å². The predicted octanol–water partition coefficient (Wildman–Crippen LogP) is 4.77. The highest BCUT2D eigenvalue weighted by Gasteiger charge is 2.35. The number of nitrogens with zero attached hydrogens (tertiary/aromatic N) is 5. The van der Waals surface area contributed by atoms with Crippen LogP contribution in [-0.4, -0.2) is 32.0 Å². The predicted molar refractivity (Wildman–Crippen MR) is 142 cm³/mol. The molecule has 0 saturated carbocycles. The highest BCUT2D eigenvalue weighted by Crippen LogP contribution is 2.32. The van der Waals surface area contributed by atoms with Crippen molar-refractivity contribution in [2.75, 3.05) is 4.90 Å². The van der Waals surface area contributed by atoms with Crippen LogP contribution >= 0.6 is 11.3 Å². The lowest BCUT2D eigenvalue weighted by Gasteiger charge is -2.30. The van der Waals surface area contributed by atoms with E-state index >= 15 is 4.39 Å². The maximum Gasteiger partial charge on any atom is 0.251 e. The zero-order valence-corrected chi connectivity index (χ0v) is 21.3. The van der Waals surface area contributed by atoms with E-state index in [1.807, 2.05) is 30.3 Å². The summed E-state index contributed by atoms with van der Waals surface area (Å²) in [6, 6.07) is 22.9. The molecular formula is C28H22F2N6O2S. The first kappa shape index (κ1) is 25.9. The molecule has 2 aromatic heterocycles. The van der Waals surface area contributed by atoms with Crippen molar-refractivity contribution in [2.24, 2.45) is 0 Å². The van der Waals surface area contributed by atoms with Crippen molar-refractivity contribution in [3.63, 3.8) is 0 Å². The number of halogens is 2. The summed E-state index contributed by atoms with van der Waals surface area (Å²) >= 11 is 1.28. The van der Waals surface area contributed by atoms with Gasteiger partial charge in [-0.1, -0.05) is 48.5 Å². The minimum atomic E-state index is -1.15. The average Bonchev–Trinajstić information content (AvgIpc) is 3.65. The largest absolute Gasteiger partial charge is 0.350 e. The Morgan fingerprint density at radius 2 is 1.67 bits per heavy atom. The van der Waals surface area contributed by atoms with Crippen molar-refractivity contribution in [2.45, 2.75) is 19.1 Å². The van der Waals surface area contributed by atoms with Gasteiger partial charge < -0.3 is 5.32 Å². The maximum absolute atomic E-state index is 15.1. The topological polar surface area (TPSA) is 93.0 Å². The first-order valence-electron chi connectivity index (χ1n) is 11.9. The summed E-state index contributed by atoms with van der Waals surface area (Å²) in [6.45, 7) is -0.192. The number of aromatic nitrogens is 4. The molecule has 196 valence electrons. The fraction of sp³-hybridized carbons (Fsp3) is 0.107. The number of hydrogen-bond acceptors (Lipinski definition) is 6. The number of carbonyl (C=O) groups excluding carboxylic acids is 2. The summed E-state index contributed by atoms with van der Waals surface area (Å²) in [7, 11) is 0. The summed E-state index contributed by atoms with van der Waals surface area (Å²) in [6.07, 6.45) is 0. The lowest BCUT2D eigenvalue weighted by molar-refractivity contribution is -0.127. The van der Waals surface area contributed by atoms with E-state index in [2.05, 4.69) is 20.7 Å². The monoisotopic (exact) mass is 544 g/mol. The molecule has 0 aliphatic rings. The van der Waals surface area contributed by atoms with Gasteiger partial charge in [0.1, 0.15) is 24.2 Å². The Morgan fingerprint density at radius 3 is 2.38 bits per heavy atom. The van der Waals surface area contributed by atoms with E-state index in [4.69, 9.17) is 0 Å². The molecule has 0 spiro atoms. The smallest absolute Gasteiger partial charge is 0.251 e. The SMILES string of the molecule is O=C(NCc1ccccc1)[C@H](c1cccs1)N(C(=O)Cn1nnc(-c2ccc(F)cc2)n1)c1ccccc1F. The molecule has 2 heterocycles. The minimum absolute atomic E-state index is 0.0605. The van der Waals surface area contributed by atoms with Crippen LogP contribution in [0.25, 0.3) is 11.4 Å². The molecule has 5 rings (SSSR count). The molecule has 3 aromatic carbocycles. The van der Waals surface area contributed by atoms with Gasteiger partial charge in [0, 0.05) is 17.0 Å². The second-order valence-corrected chi connectivity index (χ2v) is 9.47. The number of nitrogens with one attached hydrogen (secondary N) is 1. The van der Waals surface area contributed by atoms with Gasteiger partial charge in [0.05, 0.1) is 5.69 Å². The molecule has 0 aliphatic heterocycles. The van der Waals surface area contributed by atoms with Gasteiger partial charge in [-0.05, 0) is 58.6 Å². The molecule has 1 atom stereocenters. The number of tetrazole rings is 1. The number of para-hydroxylation sites is 1. The normalized spacial score (nSPS) is 11.6. The molecule has 0 fully saturated rings. The van der Waals surface area contributed by atoms with E-state index in [0.29, 0.717) is 10.4 Å². The minimum Gasteiger partial charge on any atom is -0.350 e. The Kier molecular flexibility index (Phi) is 7.78. The summed E-state index contributed by atoms with van der Waals surface area (Å²) in [5.74, 6) is -1.99. The van der Waals surface area contributed by atoms with Crippen LogP contribution in [0.5, 0.6) is 0 Å². The molecule has 39 heavy (non-hydrogen) atoms. The number of rotatable bonds is 9. The number of carbonyl (C=O) groups is 2. The first-order chi connectivity index (χ1) is 19.0. The molecule has 0 bridgehead atoms. The first-order valence-corrected chi connectivity index (χ1v) is 12.8. The maximum atomic E-state index is 15.1. The van der Waals surface area contributed by atoms with Gasteiger partial charge in [-0.15, -0.1) is 21.5 Å². The van der Waals surface area contributed by atoms with Gasteiger partial charge in [0.15, 0.2) is 0 Å². The van der Waals surface area contributed by atoms with Gasteiger partial charge in [0.2, 0.25) is 11.7 Å². The molecule has 2 amide bonds. The van der Waals surface area contributed by atoms with Crippen molar-refractivity contribution in [1.82, 2.24) is 25.5 Å². The molecule has 0 unspecified atom stereocenters. The van der Waals surface area contributed by atoms with E-state index < -0.39 is 36.0 Å². The van der Waals surface area contributed by atoms with E-state index in [1.54, 1.807) is 23.6 Å². The van der Waals surface area contributed by atoms with Gasteiger partial charge in [-0.25, -0.2) is 8.78 Å². The molecule has 5 aromatic rings. The third-order valence-corrected chi connectivity index (χ3v) is 6.77. The van der Waals surface area contributed by atoms with Gasteiger partial charge in [-0.2, -0.15) is 4.80 Å². The standard InChI is InChI=1S/C28H22F2N6O2S/c29-21-14-12-20(13-15-21)27-32-34-35(33-27)18-25(37)36(23-10-5-4-9-22(23)30)26(24-11-6-16-39-24)28(38)31-17-19-7-2-1-3-8-19/h1-16,26H,17-18H2,(H,31,38)/t26-/m0/s1. The highest BCUT2D eigenvalue weighted by molar-refractivity contribution is 7.10. The van der Waals surface area contributed by atoms with Gasteiger partial charge in [-0.3, -0.25) is 14.5 Å². The van der Waals surface area contributed by atoms with Crippen LogP contribution in [0.2, 0.25) is 0 Å². The summed E-state index contributed by atoms with van der Waals surface area (Å²) in [5, 5.41) is 16.8. The third-order valence-electron chi connectivity index (χ3n) is 5.84. The second-order valence-electron chi connectivity index (χ2n) is 8.49. The van der Waals surface area contributed by atoms with E-state index in [0.717, 1.165) is 15.3 Å². The highest BCUT2D eigenvalue weighted by atomic mass is 32.1.